The minimum Gasteiger partial charge on any atom is -0.484 e. The molecular formula is C15H9Cl2FN2O2S. The summed E-state index contributed by atoms with van der Waals surface area (Å²) in [4.78, 5) is 16.1. The van der Waals surface area contributed by atoms with Gasteiger partial charge in [-0.05, 0) is 36.4 Å². The van der Waals surface area contributed by atoms with E-state index >= 15 is 0 Å². The number of fused-ring (bicyclic) bond motifs is 1. The van der Waals surface area contributed by atoms with Crippen molar-refractivity contribution in [1.29, 1.82) is 0 Å². The first-order chi connectivity index (χ1) is 11.0. The van der Waals surface area contributed by atoms with E-state index in [2.05, 4.69) is 10.3 Å². The first-order valence-electron chi connectivity index (χ1n) is 6.45. The van der Waals surface area contributed by atoms with Crippen molar-refractivity contribution in [3.8, 4) is 5.75 Å². The highest BCUT2D eigenvalue weighted by atomic mass is 35.5. The van der Waals surface area contributed by atoms with Crippen LogP contribution in [0.2, 0.25) is 10.0 Å². The fraction of sp³-hybridized carbons (Fsp3) is 0.0667. The number of amides is 1. The molecule has 3 aromatic rings. The van der Waals surface area contributed by atoms with Crippen LogP contribution in [0.1, 0.15) is 0 Å². The van der Waals surface area contributed by atoms with Crippen molar-refractivity contribution in [2.45, 2.75) is 0 Å². The zero-order valence-electron chi connectivity index (χ0n) is 11.5. The Balaban J connectivity index is 1.66. The second-order valence-corrected chi connectivity index (χ2v) is 6.33. The molecule has 4 nitrogen and oxygen atoms in total. The Labute approximate surface area is 144 Å². The van der Waals surface area contributed by atoms with Crippen LogP contribution < -0.4 is 10.1 Å². The highest BCUT2D eigenvalue weighted by Gasteiger charge is 2.12. The third-order valence-electron chi connectivity index (χ3n) is 2.88. The average Bonchev–Trinajstić information content (AvgIpc) is 2.94. The number of hydrogen-bond acceptors (Lipinski definition) is 4. The van der Waals surface area contributed by atoms with E-state index in [1.165, 1.54) is 35.6 Å². The average molecular weight is 371 g/mol. The van der Waals surface area contributed by atoms with Gasteiger partial charge in [0.15, 0.2) is 11.7 Å². The van der Waals surface area contributed by atoms with Gasteiger partial charge in [-0.3, -0.25) is 10.1 Å². The molecule has 0 aliphatic rings. The minimum atomic E-state index is -0.379. The number of rotatable bonds is 4. The van der Waals surface area contributed by atoms with Gasteiger partial charge in [-0.25, -0.2) is 9.37 Å². The molecule has 1 amide bonds. The Bertz CT molecular complexity index is 868. The van der Waals surface area contributed by atoms with Crippen LogP contribution >= 0.6 is 34.5 Å². The summed E-state index contributed by atoms with van der Waals surface area (Å²) in [6.45, 7) is -0.212. The molecule has 23 heavy (non-hydrogen) atoms. The molecule has 0 aliphatic carbocycles. The Kier molecular flexibility index (Phi) is 4.66. The van der Waals surface area contributed by atoms with Gasteiger partial charge in [-0.15, -0.1) is 0 Å². The number of ether oxygens (including phenoxy) is 1. The summed E-state index contributed by atoms with van der Waals surface area (Å²) in [5.74, 6) is -0.344. The lowest BCUT2D eigenvalue weighted by atomic mass is 10.3. The number of nitrogens with zero attached hydrogens (tertiary/aromatic N) is 1. The maximum absolute atomic E-state index is 12.8. The normalized spacial score (nSPS) is 10.7. The summed E-state index contributed by atoms with van der Waals surface area (Å²) < 4.78 is 18.9. The largest absolute Gasteiger partial charge is 0.484 e. The zero-order chi connectivity index (χ0) is 16.4. The van der Waals surface area contributed by atoms with Gasteiger partial charge >= 0.3 is 0 Å². The number of carbonyl (C=O) groups is 1. The lowest BCUT2D eigenvalue weighted by molar-refractivity contribution is -0.118. The molecule has 3 rings (SSSR count). The molecule has 0 spiro atoms. The van der Waals surface area contributed by atoms with Gasteiger partial charge in [0.1, 0.15) is 17.1 Å². The van der Waals surface area contributed by atoms with Crippen LogP contribution in [0.3, 0.4) is 0 Å². The summed E-state index contributed by atoms with van der Waals surface area (Å²) >= 11 is 13.3. The summed E-state index contributed by atoms with van der Waals surface area (Å²) in [7, 11) is 0. The van der Waals surface area contributed by atoms with E-state index in [0.717, 1.165) is 4.70 Å². The monoisotopic (exact) mass is 370 g/mol. The standard InChI is InChI=1S/C15H9Cl2FN2O2S/c16-10-5-6-11-14(13(10)17)20-15(23-11)19-12(21)7-22-9-3-1-8(18)2-4-9/h1-6H,7H2,(H,19,20,21). The second-order valence-electron chi connectivity index (χ2n) is 4.52. The number of thiazole rings is 1. The number of benzene rings is 2. The van der Waals surface area contributed by atoms with Crippen molar-refractivity contribution < 1.29 is 13.9 Å². The predicted molar refractivity (Wildman–Crippen MR) is 90.2 cm³/mol. The summed E-state index contributed by atoms with van der Waals surface area (Å²) in [5, 5.41) is 3.78. The van der Waals surface area contributed by atoms with E-state index in [0.29, 0.717) is 26.4 Å². The third kappa shape index (κ3) is 3.72. The Morgan fingerprint density at radius 1 is 1.22 bits per heavy atom. The topological polar surface area (TPSA) is 51.2 Å². The number of hydrogen-bond donors (Lipinski definition) is 1. The SMILES string of the molecule is O=C(COc1ccc(F)cc1)Nc1nc2c(Cl)c(Cl)ccc2s1. The molecule has 0 saturated carbocycles. The van der Waals surface area contributed by atoms with E-state index < -0.39 is 0 Å². The van der Waals surface area contributed by atoms with E-state index in [1.54, 1.807) is 12.1 Å². The summed E-state index contributed by atoms with van der Waals surface area (Å²) in [6.07, 6.45) is 0. The molecular weight excluding hydrogens is 362 g/mol. The lowest BCUT2D eigenvalue weighted by Crippen LogP contribution is -2.19. The highest BCUT2D eigenvalue weighted by molar-refractivity contribution is 7.22. The number of halogens is 3. The van der Waals surface area contributed by atoms with Gasteiger partial charge in [-0.1, -0.05) is 34.5 Å². The second kappa shape index (κ2) is 6.70. The molecule has 8 heteroatoms. The van der Waals surface area contributed by atoms with E-state index in [9.17, 15) is 9.18 Å². The van der Waals surface area contributed by atoms with Crippen molar-refractivity contribution in [2.24, 2.45) is 0 Å². The molecule has 1 aromatic heterocycles. The van der Waals surface area contributed by atoms with E-state index in [1.807, 2.05) is 0 Å². The van der Waals surface area contributed by atoms with E-state index in [-0.39, 0.29) is 18.3 Å². The molecule has 1 N–H and O–H groups in total. The molecule has 0 unspecified atom stereocenters. The first kappa shape index (κ1) is 16.0. The van der Waals surface area contributed by atoms with Gasteiger partial charge in [0.05, 0.1) is 14.7 Å². The first-order valence-corrected chi connectivity index (χ1v) is 8.03. The number of anilines is 1. The number of nitrogens with one attached hydrogen (secondary N) is 1. The van der Waals surface area contributed by atoms with Crippen LogP contribution in [-0.2, 0) is 4.79 Å². The van der Waals surface area contributed by atoms with Crippen LogP contribution in [0.4, 0.5) is 9.52 Å². The van der Waals surface area contributed by atoms with Gasteiger partial charge in [-0.2, -0.15) is 0 Å². The fourth-order valence-corrected chi connectivity index (χ4v) is 3.13. The maximum atomic E-state index is 12.8. The van der Waals surface area contributed by atoms with Gasteiger partial charge < -0.3 is 4.74 Å². The smallest absolute Gasteiger partial charge is 0.264 e. The Hall–Kier alpha value is -1.89. The molecule has 0 atom stereocenters. The Morgan fingerprint density at radius 2 is 1.96 bits per heavy atom. The van der Waals surface area contributed by atoms with Gasteiger partial charge in [0.25, 0.3) is 5.91 Å². The Morgan fingerprint density at radius 3 is 2.70 bits per heavy atom. The van der Waals surface area contributed by atoms with Crippen LogP contribution in [-0.4, -0.2) is 17.5 Å². The van der Waals surface area contributed by atoms with Crippen molar-refractivity contribution in [1.82, 2.24) is 4.98 Å². The number of carbonyl (C=O) groups excluding carboxylic acids is 1. The van der Waals surface area contributed by atoms with Crippen LogP contribution in [0, 0.1) is 5.82 Å². The van der Waals surface area contributed by atoms with Crippen molar-refractivity contribution in [3.05, 3.63) is 52.3 Å². The molecule has 0 bridgehead atoms. The summed E-state index contributed by atoms with van der Waals surface area (Å²) in [5.41, 5.74) is 0.541. The highest BCUT2D eigenvalue weighted by Crippen LogP contribution is 2.35. The molecule has 0 saturated heterocycles. The van der Waals surface area contributed by atoms with Crippen molar-refractivity contribution in [3.63, 3.8) is 0 Å². The van der Waals surface area contributed by atoms with Gasteiger partial charge in [0.2, 0.25) is 0 Å². The van der Waals surface area contributed by atoms with Gasteiger partial charge in [0, 0.05) is 0 Å². The van der Waals surface area contributed by atoms with Crippen LogP contribution in [0.25, 0.3) is 10.2 Å². The molecule has 2 aromatic carbocycles. The van der Waals surface area contributed by atoms with Crippen molar-refractivity contribution >= 4 is 55.8 Å². The number of aromatic nitrogens is 1. The molecule has 0 radical (unpaired) electrons. The van der Waals surface area contributed by atoms with E-state index in [4.69, 9.17) is 27.9 Å². The summed E-state index contributed by atoms with van der Waals surface area (Å²) in [6, 6.07) is 8.86. The zero-order valence-corrected chi connectivity index (χ0v) is 13.8. The third-order valence-corrected chi connectivity index (χ3v) is 4.61. The van der Waals surface area contributed by atoms with Crippen LogP contribution in [0.5, 0.6) is 5.75 Å². The minimum absolute atomic E-state index is 0.212. The fourth-order valence-electron chi connectivity index (χ4n) is 1.83. The maximum Gasteiger partial charge on any atom is 0.264 e. The molecule has 0 fully saturated rings. The molecule has 1 heterocycles. The van der Waals surface area contributed by atoms with Crippen LogP contribution in [0.15, 0.2) is 36.4 Å². The lowest BCUT2D eigenvalue weighted by Gasteiger charge is -2.05. The predicted octanol–water partition coefficient (Wildman–Crippen LogP) is 4.76. The van der Waals surface area contributed by atoms with Crippen molar-refractivity contribution in [2.75, 3.05) is 11.9 Å². The quantitative estimate of drug-likeness (QED) is 0.720. The molecule has 0 aliphatic heterocycles. The molecule has 118 valence electrons.